The van der Waals surface area contributed by atoms with Gasteiger partial charge in [0.25, 0.3) is 5.91 Å². The van der Waals surface area contributed by atoms with E-state index in [0.717, 1.165) is 6.42 Å². The van der Waals surface area contributed by atoms with Crippen molar-refractivity contribution in [2.75, 3.05) is 6.54 Å². The van der Waals surface area contributed by atoms with Crippen LogP contribution in [0.5, 0.6) is 0 Å². The highest BCUT2D eigenvalue weighted by atomic mass is 32.2. The largest absolute Gasteiger partial charge is 0.350 e. The molecule has 2 rings (SSSR count). The first-order valence-corrected chi connectivity index (χ1v) is 8.88. The standard InChI is InChI=1S/C14H23N3O3S/c1-3-17-9-12(21(15,19)20)7-13(17)14(18)16-8-11-6-4-5-10(11)2/h7,9-11H,3-6,8H2,1-2H3,(H,16,18)(H2,15,19,20). The van der Waals surface area contributed by atoms with Gasteiger partial charge in [-0.2, -0.15) is 0 Å². The van der Waals surface area contributed by atoms with Gasteiger partial charge in [-0.3, -0.25) is 4.79 Å². The number of primary sulfonamides is 1. The highest BCUT2D eigenvalue weighted by Gasteiger charge is 2.24. The summed E-state index contributed by atoms with van der Waals surface area (Å²) in [5.74, 6) is 0.894. The molecule has 1 aliphatic carbocycles. The fourth-order valence-corrected chi connectivity index (χ4v) is 3.48. The average molecular weight is 313 g/mol. The lowest BCUT2D eigenvalue weighted by atomic mass is 9.98. The van der Waals surface area contributed by atoms with Gasteiger partial charge < -0.3 is 9.88 Å². The molecule has 0 aromatic carbocycles. The second kappa shape index (κ2) is 6.19. The second-order valence-corrected chi connectivity index (χ2v) is 7.33. The van der Waals surface area contributed by atoms with Crippen LogP contribution in [-0.2, 0) is 16.6 Å². The summed E-state index contributed by atoms with van der Waals surface area (Å²) in [5, 5.41) is 8.03. The normalized spacial score (nSPS) is 22.4. The van der Waals surface area contributed by atoms with Crippen LogP contribution in [0, 0.1) is 11.8 Å². The van der Waals surface area contributed by atoms with Crippen LogP contribution in [0.25, 0.3) is 0 Å². The Morgan fingerprint density at radius 1 is 1.48 bits per heavy atom. The molecule has 1 heterocycles. The summed E-state index contributed by atoms with van der Waals surface area (Å²) < 4.78 is 24.4. The monoisotopic (exact) mass is 313 g/mol. The van der Waals surface area contributed by atoms with Gasteiger partial charge >= 0.3 is 0 Å². The number of aryl methyl sites for hydroxylation is 1. The van der Waals surface area contributed by atoms with Crippen molar-refractivity contribution >= 4 is 15.9 Å². The zero-order valence-corrected chi connectivity index (χ0v) is 13.3. The molecule has 2 atom stereocenters. The van der Waals surface area contributed by atoms with Crippen molar-refractivity contribution in [1.29, 1.82) is 0 Å². The first-order valence-electron chi connectivity index (χ1n) is 7.34. The average Bonchev–Trinajstić information content (AvgIpc) is 3.01. The van der Waals surface area contributed by atoms with Gasteiger partial charge in [0.1, 0.15) is 10.6 Å². The molecule has 1 aliphatic rings. The quantitative estimate of drug-likeness (QED) is 0.858. The summed E-state index contributed by atoms with van der Waals surface area (Å²) in [4.78, 5) is 12.2. The van der Waals surface area contributed by atoms with E-state index in [-0.39, 0.29) is 10.8 Å². The molecule has 6 nitrogen and oxygen atoms in total. The molecule has 118 valence electrons. The van der Waals surface area contributed by atoms with Crippen LogP contribution in [0.1, 0.15) is 43.6 Å². The zero-order valence-electron chi connectivity index (χ0n) is 12.5. The summed E-state index contributed by atoms with van der Waals surface area (Å²) in [6.07, 6.45) is 4.96. The molecule has 7 heteroatoms. The van der Waals surface area contributed by atoms with Crippen LogP contribution in [-0.4, -0.2) is 25.4 Å². The predicted molar refractivity (Wildman–Crippen MR) is 80.3 cm³/mol. The number of carbonyl (C=O) groups excluding carboxylic acids is 1. The van der Waals surface area contributed by atoms with E-state index in [2.05, 4.69) is 12.2 Å². The zero-order chi connectivity index (χ0) is 15.6. The first kappa shape index (κ1) is 16.0. The van der Waals surface area contributed by atoms with Gasteiger partial charge in [-0.1, -0.05) is 19.8 Å². The molecule has 0 spiro atoms. The fourth-order valence-electron chi connectivity index (χ4n) is 2.93. The topological polar surface area (TPSA) is 94.2 Å². The Labute approximate surface area is 125 Å². The predicted octanol–water partition coefficient (Wildman–Crippen LogP) is 1.32. The Morgan fingerprint density at radius 2 is 2.19 bits per heavy atom. The van der Waals surface area contributed by atoms with E-state index < -0.39 is 10.0 Å². The lowest BCUT2D eigenvalue weighted by molar-refractivity contribution is 0.0935. The lowest BCUT2D eigenvalue weighted by Crippen LogP contribution is -2.31. The maximum absolute atomic E-state index is 12.3. The van der Waals surface area contributed by atoms with E-state index in [1.165, 1.54) is 25.1 Å². The number of hydrogen-bond donors (Lipinski definition) is 2. The summed E-state index contributed by atoms with van der Waals surface area (Å²) in [6.45, 7) is 5.21. The van der Waals surface area contributed by atoms with Gasteiger partial charge in [0, 0.05) is 19.3 Å². The van der Waals surface area contributed by atoms with Gasteiger partial charge in [-0.25, -0.2) is 13.6 Å². The molecule has 1 saturated carbocycles. The van der Waals surface area contributed by atoms with Crippen molar-refractivity contribution in [2.45, 2.75) is 44.6 Å². The van der Waals surface area contributed by atoms with Crippen molar-refractivity contribution < 1.29 is 13.2 Å². The Morgan fingerprint density at radius 3 is 2.71 bits per heavy atom. The minimum atomic E-state index is -3.79. The number of nitrogens with two attached hydrogens (primary N) is 1. The molecule has 0 aliphatic heterocycles. The number of nitrogens with zero attached hydrogens (tertiary/aromatic N) is 1. The summed E-state index contributed by atoms with van der Waals surface area (Å²) in [5.41, 5.74) is 0.340. The highest BCUT2D eigenvalue weighted by molar-refractivity contribution is 7.89. The molecule has 1 fully saturated rings. The van der Waals surface area contributed by atoms with Gasteiger partial charge in [0.2, 0.25) is 10.0 Å². The van der Waals surface area contributed by atoms with Crippen LogP contribution in [0.15, 0.2) is 17.2 Å². The van der Waals surface area contributed by atoms with Crippen molar-refractivity contribution in [2.24, 2.45) is 17.0 Å². The number of sulfonamides is 1. The minimum Gasteiger partial charge on any atom is -0.350 e. The van der Waals surface area contributed by atoms with E-state index in [9.17, 15) is 13.2 Å². The number of carbonyl (C=O) groups is 1. The highest BCUT2D eigenvalue weighted by Crippen LogP contribution is 2.30. The molecule has 0 bridgehead atoms. The lowest BCUT2D eigenvalue weighted by Gasteiger charge is -2.16. The van der Waals surface area contributed by atoms with Crippen LogP contribution in [0.2, 0.25) is 0 Å². The van der Waals surface area contributed by atoms with E-state index in [1.807, 2.05) is 6.92 Å². The molecule has 2 unspecified atom stereocenters. The third kappa shape index (κ3) is 3.65. The molecule has 1 aromatic rings. The molecule has 1 amide bonds. The van der Waals surface area contributed by atoms with Crippen molar-refractivity contribution in [3.63, 3.8) is 0 Å². The molecular weight excluding hydrogens is 290 g/mol. The van der Waals surface area contributed by atoms with Crippen LogP contribution in [0.4, 0.5) is 0 Å². The van der Waals surface area contributed by atoms with Crippen molar-refractivity contribution in [3.8, 4) is 0 Å². The minimum absolute atomic E-state index is 0.0243. The SMILES string of the molecule is CCn1cc(S(N)(=O)=O)cc1C(=O)NCC1CCCC1C. The summed E-state index contributed by atoms with van der Waals surface area (Å²) in [6, 6.07) is 1.34. The maximum atomic E-state index is 12.3. The van der Waals surface area contributed by atoms with Gasteiger partial charge in [0.15, 0.2) is 0 Å². The fraction of sp³-hybridized carbons (Fsp3) is 0.643. The first-order chi connectivity index (χ1) is 9.82. The van der Waals surface area contributed by atoms with Gasteiger partial charge in [-0.05, 0) is 31.2 Å². The smallest absolute Gasteiger partial charge is 0.267 e. The number of rotatable bonds is 5. The molecule has 21 heavy (non-hydrogen) atoms. The van der Waals surface area contributed by atoms with Crippen molar-refractivity contribution in [3.05, 3.63) is 18.0 Å². The third-order valence-electron chi connectivity index (χ3n) is 4.34. The number of nitrogens with one attached hydrogen (secondary N) is 1. The summed E-state index contributed by atoms with van der Waals surface area (Å²) >= 11 is 0. The Kier molecular flexibility index (Phi) is 4.73. The number of amides is 1. The van der Waals surface area contributed by atoms with Gasteiger partial charge in [0.05, 0.1) is 0 Å². The third-order valence-corrected chi connectivity index (χ3v) is 5.22. The molecule has 1 aromatic heterocycles. The molecule has 0 saturated heterocycles. The number of aromatic nitrogens is 1. The van der Waals surface area contributed by atoms with E-state index in [1.54, 1.807) is 4.57 Å². The van der Waals surface area contributed by atoms with E-state index in [4.69, 9.17) is 5.14 Å². The Bertz CT molecular complexity index is 621. The molecule has 3 N–H and O–H groups in total. The van der Waals surface area contributed by atoms with E-state index in [0.29, 0.717) is 30.6 Å². The van der Waals surface area contributed by atoms with Crippen LogP contribution in [0.3, 0.4) is 0 Å². The van der Waals surface area contributed by atoms with Crippen LogP contribution < -0.4 is 10.5 Å². The molecular formula is C14H23N3O3S. The molecule has 0 radical (unpaired) electrons. The van der Waals surface area contributed by atoms with Crippen molar-refractivity contribution in [1.82, 2.24) is 9.88 Å². The second-order valence-electron chi connectivity index (χ2n) is 5.77. The van der Waals surface area contributed by atoms with E-state index >= 15 is 0 Å². The Hall–Kier alpha value is -1.34. The Balaban J connectivity index is 2.09. The summed E-state index contributed by atoms with van der Waals surface area (Å²) in [7, 11) is -3.79. The van der Waals surface area contributed by atoms with Gasteiger partial charge in [-0.15, -0.1) is 0 Å². The number of hydrogen-bond acceptors (Lipinski definition) is 3. The van der Waals surface area contributed by atoms with Crippen LogP contribution >= 0.6 is 0 Å². The maximum Gasteiger partial charge on any atom is 0.267 e.